The summed E-state index contributed by atoms with van der Waals surface area (Å²) in [5.41, 5.74) is 13.3. The standard InChI is InChI=1S/C17H14N8O3/c1-26-9-3-11-10(27-6-28-11)2-7(9)14-12-13(20)8(4-18)15(21)24-16(12)25-17(23-14)22-5-19/h2-3,14H,6H2,1H3,(H6,20,21,22,23,24,25). The Balaban J connectivity index is 1.97. The first kappa shape index (κ1) is 17.1. The number of hydrogen-bond acceptors (Lipinski definition) is 11. The summed E-state index contributed by atoms with van der Waals surface area (Å²) in [5, 5.41) is 23.7. The number of nitriles is 2. The van der Waals surface area contributed by atoms with E-state index in [4.69, 9.17) is 30.9 Å². The number of hydrogen-bond donors (Lipinski definition) is 4. The molecule has 0 saturated heterocycles. The number of aliphatic imine (C=N–C) groups is 1. The van der Waals surface area contributed by atoms with E-state index in [1.54, 1.807) is 18.3 Å². The molecule has 4 rings (SSSR count). The molecule has 0 spiro atoms. The van der Waals surface area contributed by atoms with Gasteiger partial charge in [-0.3, -0.25) is 5.32 Å². The molecule has 0 fully saturated rings. The number of pyridine rings is 1. The lowest BCUT2D eigenvalue weighted by Gasteiger charge is -2.27. The fourth-order valence-corrected chi connectivity index (χ4v) is 3.14. The summed E-state index contributed by atoms with van der Waals surface area (Å²) < 4.78 is 16.3. The summed E-state index contributed by atoms with van der Waals surface area (Å²) >= 11 is 0. The minimum atomic E-state index is -0.739. The molecule has 0 aliphatic carbocycles. The van der Waals surface area contributed by atoms with Crippen molar-refractivity contribution in [3.8, 4) is 29.5 Å². The third-order valence-electron chi connectivity index (χ3n) is 4.38. The van der Waals surface area contributed by atoms with Crippen LogP contribution in [0.3, 0.4) is 0 Å². The van der Waals surface area contributed by atoms with Gasteiger partial charge in [-0.25, -0.2) is 9.98 Å². The molecule has 28 heavy (non-hydrogen) atoms. The lowest BCUT2D eigenvalue weighted by molar-refractivity contribution is 0.174. The number of nitrogen functional groups attached to an aromatic ring is 2. The Labute approximate surface area is 159 Å². The number of anilines is 3. The van der Waals surface area contributed by atoms with Gasteiger partial charge in [-0.05, 0) is 6.07 Å². The maximum atomic E-state index is 9.40. The molecule has 0 radical (unpaired) electrons. The molecule has 6 N–H and O–H groups in total. The van der Waals surface area contributed by atoms with Gasteiger partial charge in [0.1, 0.15) is 35.1 Å². The highest BCUT2D eigenvalue weighted by Crippen LogP contribution is 2.47. The number of benzene rings is 1. The number of rotatable bonds is 2. The number of methoxy groups -OCH3 is 1. The molecule has 11 nitrogen and oxygen atoms in total. The topological polar surface area (TPSA) is 177 Å². The average Bonchev–Trinajstić information content (AvgIpc) is 3.14. The Morgan fingerprint density at radius 3 is 2.71 bits per heavy atom. The van der Waals surface area contributed by atoms with Crippen LogP contribution in [0.25, 0.3) is 0 Å². The Kier molecular flexibility index (Phi) is 3.90. The van der Waals surface area contributed by atoms with Crippen LogP contribution in [0.15, 0.2) is 17.1 Å². The third-order valence-corrected chi connectivity index (χ3v) is 4.38. The maximum absolute atomic E-state index is 9.40. The summed E-state index contributed by atoms with van der Waals surface area (Å²) in [4.78, 5) is 8.73. The van der Waals surface area contributed by atoms with Gasteiger partial charge in [-0.1, -0.05) is 0 Å². The number of fused-ring (bicyclic) bond motifs is 2. The molecule has 0 bridgehead atoms. The van der Waals surface area contributed by atoms with Crippen molar-refractivity contribution in [2.75, 3.05) is 30.7 Å². The second-order valence-corrected chi connectivity index (χ2v) is 5.85. The van der Waals surface area contributed by atoms with Crippen molar-refractivity contribution in [3.63, 3.8) is 0 Å². The largest absolute Gasteiger partial charge is 0.496 e. The molecule has 1 unspecified atom stereocenters. The molecule has 0 amide bonds. The van der Waals surface area contributed by atoms with Crippen LogP contribution in [-0.4, -0.2) is 24.8 Å². The van der Waals surface area contributed by atoms with Gasteiger partial charge in [0.15, 0.2) is 17.7 Å². The van der Waals surface area contributed by atoms with Gasteiger partial charge in [0.05, 0.1) is 12.8 Å². The van der Waals surface area contributed by atoms with Crippen molar-refractivity contribution >= 4 is 23.3 Å². The SMILES string of the molecule is COc1cc2c(cc1C1N=C(NC#N)Nc3nc(N)c(C#N)c(N)c31)OCO2. The van der Waals surface area contributed by atoms with Crippen LogP contribution in [-0.2, 0) is 0 Å². The van der Waals surface area contributed by atoms with E-state index in [0.29, 0.717) is 28.4 Å². The van der Waals surface area contributed by atoms with Gasteiger partial charge in [0.25, 0.3) is 0 Å². The minimum Gasteiger partial charge on any atom is -0.496 e. The smallest absolute Gasteiger partial charge is 0.231 e. The fourth-order valence-electron chi connectivity index (χ4n) is 3.14. The summed E-state index contributed by atoms with van der Waals surface area (Å²) in [7, 11) is 1.51. The van der Waals surface area contributed by atoms with Crippen molar-refractivity contribution in [1.29, 1.82) is 10.5 Å². The third kappa shape index (κ3) is 2.50. The zero-order valence-electron chi connectivity index (χ0n) is 14.6. The van der Waals surface area contributed by atoms with E-state index in [1.165, 1.54) is 7.11 Å². The summed E-state index contributed by atoms with van der Waals surface area (Å²) in [6.45, 7) is 0.0913. The van der Waals surface area contributed by atoms with E-state index in [0.717, 1.165) is 0 Å². The zero-order chi connectivity index (χ0) is 19.8. The molecule has 1 aromatic carbocycles. The van der Waals surface area contributed by atoms with E-state index >= 15 is 0 Å². The highest BCUT2D eigenvalue weighted by Gasteiger charge is 2.33. The van der Waals surface area contributed by atoms with Crippen LogP contribution < -0.4 is 36.3 Å². The van der Waals surface area contributed by atoms with E-state index in [9.17, 15) is 5.26 Å². The number of ether oxygens (including phenoxy) is 3. The van der Waals surface area contributed by atoms with E-state index in [1.807, 2.05) is 6.07 Å². The predicted octanol–water partition coefficient (Wildman–Crippen LogP) is 0.797. The molecule has 3 heterocycles. The Morgan fingerprint density at radius 2 is 2.04 bits per heavy atom. The molecular weight excluding hydrogens is 364 g/mol. The normalized spacial score (nSPS) is 16.1. The molecular formula is C17H14N8O3. The first-order chi connectivity index (χ1) is 13.6. The number of guanidine groups is 1. The van der Waals surface area contributed by atoms with Crippen molar-refractivity contribution in [2.45, 2.75) is 6.04 Å². The van der Waals surface area contributed by atoms with Gasteiger partial charge in [-0.15, -0.1) is 0 Å². The number of aromatic nitrogens is 1. The second kappa shape index (κ2) is 6.41. The predicted molar refractivity (Wildman–Crippen MR) is 98.5 cm³/mol. The maximum Gasteiger partial charge on any atom is 0.231 e. The molecule has 140 valence electrons. The number of nitrogens with zero attached hydrogens (tertiary/aromatic N) is 4. The van der Waals surface area contributed by atoms with Crippen molar-refractivity contribution in [2.24, 2.45) is 4.99 Å². The first-order valence-corrected chi connectivity index (χ1v) is 8.03. The van der Waals surface area contributed by atoms with E-state index in [-0.39, 0.29) is 35.6 Å². The van der Waals surface area contributed by atoms with Crippen molar-refractivity contribution in [1.82, 2.24) is 10.3 Å². The van der Waals surface area contributed by atoms with Crippen molar-refractivity contribution in [3.05, 3.63) is 28.8 Å². The van der Waals surface area contributed by atoms with Crippen LogP contribution in [0.5, 0.6) is 17.2 Å². The Hall–Kier alpha value is -4.38. The molecule has 2 aromatic rings. The molecule has 2 aliphatic heterocycles. The second-order valence-electron chi connectivity index (χ2n) is 5.85. The monoisotopic (exact) mass is 378 g/mol. The van der Waals surface area contributed by atoms with Gasteiger partial charge in [0.2, 0.25) is 12.8 Å². The van der Waals surface area contributed by atoms with Crippen LogP contribution in [0.1, 0.15) is 22.7 Å². The Bertz CT molecular complexity index is 1100. The van der Waals surface area contributed by atoms with Crippen molar-refractivity contribution < 1.29 is 14.2 Å². The van der Waals surface area contributed by atoms with Crippen LogP contribution in [0.2, 0.25) is 0 Å². The van der Waals surface area contributed by atoms with E-state index in [2.05, 4.69) is 20.6 Å². The first-order valence-electron chi connectivity index (χ1n) is 8.03. The van der Waals surface area contributed by atoms with Gasteiger partial charge < -0.3 is 31.0 Å². The number of nitrogens with one attached hydrogen (secondary N) is 2. The lowest BCUT2D eigenvalue weighted by atomic mass is 9.94. The molecule has 11 heteroatoms. The number of nitrogens with two attached hydrogens (primary N) is 2. The lowest BCUT2D eigenvalue weighted by Crippen LogP contribution is -2.32. The van der Waals surface area contributed by atoms with Gasteiger partial charge in [-0.2, -0.15) is 10.5 Å². The summed E-state index contributed by atoms with van der Waals surface area (Å²) in [5.74, 6) is 1.93. The molecule has 1 aromatic heterocycles. The minimum absolute atomic E-state index is 0.0270. The molecule has 0 saturated carbocycles. The van der Waals surface area contributed by atoms with Gasteiger partial charge in [0, 0.05) is 17.2 Å². The van der Waals surface area contributed by atoms with E-state index < -0.39 is 6.04 Å². The average molecular weight is 378 g/mol. The van der Waals surface area contributed by atoms with Gasteiger partial charge >= 0.3 is 0 Å². The highest BCUT2D eigenvalue weighted by atomic mass is 16.7. The zero-order valence-corrected chi connectivity index (χ0v) is 14.6. The molecule has 2 aliphatic rings. The van der Waals surface area contributed by atoms with Crippen LogP contribution >= 0.6 is 0 Å². The summed E-state index contributed by atoms with van der Waals surface area (Å²) in [6.07, 6.45) is 1.80. The fraction of sp³-hybridized carbons (Fsp3) is 0.176. The highest BCUT2D eigenvalue weighted by molar-refractivity contribution is 5.98. The molecule has 1 atom stereocenters. The quantitative estimate of drug-likeness (QED) is 0.431. The Morgan fingerprint density at radius 1 is 1.29 bits per heavy atom. The van der Waals surface area contributed by atoms with Crippen LogP contribution in [0.4, 0.5) is 17.3 Å². The van der Waals surface area contributed by atoms with Crippen LogP contribution in [0, 0.1) is 22.8 Å². The summed E-state index contributed by atoms with van der Waals surface area (Å²) in [6, 6.07) is 4.62.